The van der Waals surface area contributed by atoms with Crippen molar-refractivity contribution in [3.8, 4) is 0 Å². The maximum atomic E-state index is 12.0. The fourth-order valence-corrected chi connectivity index (χ4v) is 1.95. The van der Waals surface area contributed by atoms with Gasteiger partial charge in [0, 0.05) is 31.9 Å². The molecule has 1 amide bonds. The highest BCUT2D eigenvalue weighted by atomic mass is 16.2. The molecule has 2 heterocycles. The van der Waals surface area contributed by atoms with E-state index in [1.54, 1.807) is 6.20 Å². The van der Waals surface area contributed by atoms with Crippen LogP contribution in [0.15, 0.2) is 12.4 Å². The van der Waals surface area contributed by atoms with Gasteiger partial charge in [0.05, 0.1) is 6.54 Å². The third-order valence-corrected chi connectivity index (χ3v) is 2.78. The Kier molecular flexibility index (Phi) is 2.74. The van der Waals surface area contributed by atoms with Gasteiger partial charge in [0.15, 0.2) is 0 Å². The molecule has 1 aliphatic heterocycles. The Bertz CT molecular complexity index is 389. The number of carbonyl (C=O) groups excluding carboxylic acids is 1. The largest absolute Gasteiger partial charge is 0.333 e. The highest BCUT2D eigenvalue weighted by Gasteiger charge is 2.24. The van der Waals surface area contributed by atoms with Crippen molar-refractivity contribution in [3.05, 3.63) is 18.2 Å². The van der Waals surface area contributed by atoms with Crippen LogP contribution < -0.4 is 0 Å². The first-order valence-electron chi connectivity index (χ1n) is 5.73. The van der Waals surface area contributed by atoms with Crippen molar-refractivity contribution in [1.29, 1.82) is 0 Å². The first-order valence-corrected chi connectivity index (χ1v) is 5.73. The summed E-state index contributed by atoms with van der Waals surface area (Å²) in [6.45, 7) is 8.60. The van der Waals surface area contributed by atoms with E-state index in [2.05, 4.69) is 30.3 Å². The molecule has 1 aromatic heterocycles. The summed E-state index contributed by atoms with van der Waals surface area (Å²) in [6.07, 6.45) is 4.38. The average Bonchev–Trinajstić information content (AvgIpc) is 2.61. The van der Waals surface area contributed by atoms with Crippen LogP contribution in [0.2, 0.25) is 0 Å². The van der Waals surface area contributed by atoms with Gasteiger partial charge >= 0.3 is 0 Å². The average molecular weight is 221 g/mol. The van der Waals surface area contributed by atoms with Gasteiger partial charge in [-0.15, -0.1) is 0 Å². The number of aromatic nitrogens is 2. The fourth-order valence-electron chi connectivity index (χ4n) is 1.95. The van der Waals surface area contributed by atoms with E-state index in [-0.39, 0.29) is 11.3 Å². The van der Waals surface area contributed by atoms with Crippen molar-refractivity contribution in [2.45, 2.75) is 40.3 Å². The highest BCUT2D eigenvalue weighted by molar-refractivity contribution is 5.76. The zero-order valence-corrected chi connectivity index (χ0v) is 10.2. The van der Waals surface area contributed by atoms with Crippen LogP contribution >= 0.6 is 0 Å². The van der Waals surface area contributed by atoms with Gasteiger partial charge in [-0.3, -0.25) is 4.79 Å². The number of hydrogen-bond donors (Lipinski definition) is 0. The number of hydrogen-bond acceptors (Lipinski definition) is 2. The summed E-state index contributed by atoms with van der Waals surface area (Å²) in [5.74, 6) is 1.23. The SMILES string of the molecule is CC(C)(C)CC(=O)N1CCn2ccnc2C1. The van der Waals surface area contributed by atoms with Crippen molar-refractivity contribution < 1.29 is 4.79 Å². The minimum absolute atomic E-state index is 0.0595. The highest BCUT2D eigenvalue weighted by Crippen LogP contribution is 2.21. The monoisotopic (exact) mass is 221 g/mol. The molecule has 2 rings (SSSR count). The lowest BCUT2D eigenvalue weighted by Crippen LogP contribution is -2.39. The Hall–Kier alpha value is -1.32. The lowest BCUT2D eigenvalue weighted by molar-refractivity contribution is -0.134. The third kappa shape index (κ3) is 2.43. The van der Waals surface area contributed by atoms with Gasteiger partial charge in [-0.1, -0.05) is 20.8 Å². The molecule has 0 radical (unpaired) electrons. The summed E-state index contributed by atoms with van der Waals surface area (Å²) in [5, 5.41) is 0. The van der Waals surface area contributed by atoms with Crippen LogP contribution in [0.25, 0.3) is 0 Å². The predicted molar refractivity (Wildman–Crippen MR) is 61.7 cm³/mol. The molecule has 0 N–H and O–H groups in total. The number of nitrogens with zero attached hydrogens (tertiary/aromatic N) is 3. The molecular weight excluding hydrogens is 202 g/mol. The minimum Gasteiger partial charge on any atom is -0.333 e. The van der Waals surface area contributed by atoms with E-state index in [9.17, 15) is 4.79 Å². The Labute approximate surface area is 96.3 Å². The molecule has 16 heavy (non-hydrogen) atoms. The number of fused-ring (bicyclic) bond motifs is 1. The van der Waals surface area contributed by atoms with Crippen molar-refractivity contribution >= 4 is 5.91 Å². The summed E-state index contributed by atoms with van der Waals surface area (Å²) >= 11 is 0. The molecule has 0 aromatic carbocycles. The normalized spacial score (nSPS) is 16.1. The quantitative estimate of drug-likeness (QED) is 0.723. The first kappa shape index (κ1) is 11.2. The maximum absolute atomic E-state index is 12.0. The third-order valence-electron chi connectivity index (χ3n) is 2.78. The van der Waals surface area contributed by atoms with Gasteiger partial charge in [0.2, 0.25) is 5.91 Å². The predicted octanol–water partition coefficient (Wildman–Crippen LogP) is 1.66. The molecule has 0 atom stereocenters. The minimum atomic E-state index is 0.0595. The molecule has 4 nitrogen and oxygen atoms in total. The van der Waals surface area contributed by atoms with Crippen molar-refractivity contribution in [2.75, 3.05) is 6.54 Å². The zero-order chi connectivity index (χ0) is 11.8. The molecule has 1 aromatic rings. The topological polar surface area (TPSA) is 38.1 Å². The first-order chi connectivity index (χ1) is 7.46. The van der Waals surface area contributed by atoms with Crippen molar-refractivity contribution in [1.82, 2.24) is 14.5 Å². The Balaban J connectivity index is 2.01. The number of rotatable bonds is 1. The molecule has 0 unspecified atom stereocenters. The van der Waals surface area contributed by atoms with Crippen LogP contribution in [-0.2, 0) is 17.9 Å². The molecule has 0 aliphatic carbocycles. The van der Waals surface area contributed by atoms with E-state index >= 15 is 0 Å². The lowest BCUT2D eigenvalue weighted by atomic mass is 9.91. The second-order valence-electron chi connectivity index (χ2n) is 5.59. The number of imidazole rings is 1. The van der Waals surface area contributed by atoms with E-state index in [4.69, 9.17) is 0 Å². The van der Waals surface area contributed by atoms with Gasteiger partial charge in [-0.2, -0.15) is 0 Å². The van der Waals surface area contributed by atoms with Gasteiger partial charge in [-0.25, -0.2) is 4.98 Å². The van der Waals surface area contributed by atoms with Gasteiger partial charge in [0.25, 0.3) is 0 Å². The second kappa shape index (κ2) is 3.92. The number of amides is 1. The molecule has 0 spiro atoms. The van der Waals surface area contributed by atoms with Crippen LogP contribution in [0.3, 0.4) is 0 Å². The van der Waals surface area contributed by atoms with E-state index in [1.165, 1.54) is 0 Å². The van der Waals surface area contributed by atoms with E-state index < -0.39 is 0 Å². The van der Waals surface area contributed by atoms with Crippen LogP contribution in [0.4, 0.5) is 0 Å². The maximum Gasteiger partial charge on any atom is 0.223 e. The standard InChI is InChI=1S/C12H19N3O/c1-12(2,3)8-11(16)15-7-6-14-5-4-13-10(14)9-15/h4-5H,6-9H2,1-3H3. The Morgan fingerprint density at radius 3 is 2.88 bits per heavy atom. The van der Waals surface area contributed by atoms with Crippen LogP contribution in [0, 0.1) is 5.41 Å². The van der Waals surface area contributed by atoms with Gasteiger partial charge in [-0.05, 0) is 5.41 Å². The van der Waals surface area contributed by atoms with E-state index in [0.29, 0.717) is 13.0 Å². The van der Waals surface area contributed by atoms with Crippen LogP contribution in [-0.4, -0.2) is 26.9 Å². The van der Waals surface area contributed by atoms with Crippen molar-refractivity contribution in [3.63, 3.8) is 0 Å². The Morgan fingerprint density at radius 1 is 1.44 bits per heavy atom. The van der Waals surface area contributed by atoms with Gasteiger partial charge in [0.1, 0.15) is 5.82 Å². The van der Waals surface area contributed by atoms with E-state index in [1.807, 2.05) is 11.1 Å². The van der Waals surface area contributed by atoms with Gasteiger partial charge < -0.3 is 9.47 Å². The summed E-state index contributed by atoms with van der Waals surface area (Å²) in [7, 11) is 0. The molecule has 0 fully saturated rings. The van der Waals surface area contributed by atoms with Crippen molar-refractivity contribution in [2.24, 2.45) is 5.41 Å². The molecule has 0 saturated heterocycles. The molecule has 0 saturated carbocycles. The number of carbonyl (C=O) groups is 1. The van der Waals surface area contributed by atoms with Crippen LogP contribution in [0.5, 0.6) is 0 Å². The summed E-state index contributed by atoms with van der Waals surface area (Å²) < 4.78 is 2.11. The summed E-state index contributed by atoms with van der Waals surface area (Å²) in [6, 6.07) is 0. The lowest BCUT2D eigenvalue weighted by Gasteiger charge is -2.30. The summed E-state index contributed by atoms with van der Waals surface area (Å²) in [5.41, 5.74) is 0.0595. The molecular formula is C12H19N3O. The molecule has 4 heteroatoms. The molecule has 1 aliphatic rings. The molecule has 88 valence electrons. The van der Waals surface area contributed by atoms with Crippen LogP contribution in [0.1, 0.15) is 33.0 Å². The van der Waals surface area contributed by atoms with E-state index in [0.717, 1.165) is 18.9 Å². The Morgan fingerprint density at radius 2 is 2.19 bits per heavy atom. The molecule has 0 bridgehead atoms. The second-order valence-corrected chi connectivity index (χ2v) is 5.59. The smallest absolute Gasteiger partial charge is 0.223 e. The zero-order valence-electron chi connectivity index (χ0n) is 10.2. The fraction of sp³-hybridized carbons (Fsp3) is 0.667. The summed E-state index contributed by atoms with van der Waals surface area (Å²) in [4.78, 5) is 18.2.